The highest BCUT2D eigenvalue weighted by molar-refractivity contribution is 6.08. The Labute approximate surface area is 166 Å². The van der Waals surface area contributed by atoms with Crippen LogP contribution in [0.15, 0.2) is 82.5 Å². The minimum absolute atomic E-state index is 0.318. The van der Waals surface area contributed by atoms with E-state index in [2.05, 4.69) is 15.5 Å². The van der Waals surface area contributed by atoms with Crippen molar-refractivity contribution in [3.63, 3.8) is 0 Å². The average molecular weight is 387 g/mol. The maximum Gasteiger partial charge on any atom is 0.272 e. The number of para-hydroxylation sites is 1. The number of pyridine rings is 1. The molecule has 0 fully saturated rings. The lowest BCUT2D eigenvalue weighted by Gasteiger charge is -2.09. The number of aromatic nitrogens is 1. The molecule has 0 aliphatic carbocycles. The zero-order valence-electron chi connectivity index (χ0n) is 15.7. The van der Waals surface area contributed by atoms with Crippen LogP contribution in [0.5, 0.6) is 0 Å². The molecule has 0 bridgehead atoms. The van der Waals surface area contributed by atoms with Gasteiger partial charge in [-0.3, -0.25) is 4.79 Å². The maximum atomic E-state index is 13.2. The zero-order valence-corrected chi connectivity index (χ0v) is 15.7. The van der Waals surface area contributed by atoms with Crippen molar-refractivity contribution >= 4 is 22.5 Å². The van der Waals surface area contributed by atoms with Gasteiger partial charge < -0.3 is 4.42 Å². The quantitative estimate of drug-likeness (QED) is 0.379. The third kappa shape index (κ3) is 3.91. The zero-order chi connectivity index (χ0) is 20.2. The van der Waals surface area contributed by atoms with Crippen molar-refractivity contribution in [3.8, 4) is 11.5 Å². The number of nitrogens with zero attached hydrogens (tertiary/aromatic N) is 2. The Kier molecular flexibility index (Phi) is 5.16. The van der Waals surface area contributed by atoms with Gasteiger partial charge in [0.05, 0.1) is 23.1 Å². The van der Waals surface area contributed by atoms with Gasteiger partial charge in [-0.15, -0.1) is 0 Å². The first-order valence-corrected chi connectivity index (χ1v) is 9.22. The van der Waals surface area contributed by atoms with E-state index in [0.717, 1.165) is 10.9 Å². The van der Waals surface area contributed by atoms with E-state index in [1.807, 2.05) is 31.2 Å². The molecule has 1 amide bonds. The van der Waals surface area contributed by atoms with E-state index in [1.54, 1.807) is 36.6 Å². The molecule has 0 saturated carbocycles. The van der Waals surface area contributed by atoms with Gasteiger partial charge in [-0.2, -0.15) is 5.10 Å². The van der Waals surface area contributed by atoms with E-state index in [0.29, 0.717) is 34.7 Å². The van der Waals surface area contributed by atoms with Gasteiger partial charge in [0.25, 0.3) is 5.91 Å². The Morgan fingerprint density at radius 1 is 1.10 bits per heavy atom. The van der Waals surface area contributed by atoms with Crippen LogP contribution in [-0.2, 0) is 0 Å². The summed E-state index contributed by atoms with van der Waals surface area (Å²) in [6.07, 6.45) is 2.15. The maximum absolute atomic E-state index is 13.2. The van der Waals surface area contributed by atoms with Crippen LogP contribution in [0, 0.1) is 5.82 Å². The van der Waals surface area contributed by atoms with Crippen LogP contribution >= 0.6 is 0 Å². The fourth-order valence-electron chi connectivity index (χ4n) is 3.08. The van der Waals surface area contributed by atoms with Gasteiger partial charge in [-0.1, -0.05) is 37.3 Å². The lowest BCUT2D eigenvalue weighted by Crippen LogP contribution is -2.20. The normalized spacial score (nSPS) is 11.6. The first kappa shape index (κ1) is 18.6. The highest BCUT2D eigenvalue weighted by Gasteiger charge is 2.15. The molecule has 2 heterocycles. The van der Waals surface area contributed by atoms with Crippen molar-refractivity contribution in [2.45, 2.75) is 13.3 Å². The van der Waals surface area contributed by atoms with Crippen LogP contribution in [-0.4, -0.2) is 16.6 Å². The number of hydrogen-bond acceptors (Lipinski definition) is 4. The molecule has 0 spiro atoms. The molecule has 6 heteroatoms. The van der Waals surface area contributed by atoms with Crippen LogP contribution in [0.1, 0.15) is 29.3 Å². The van der Waals surface area contributed by atoms with Crippen LogP contribution in [0.25, 0.3) is 22.4 Å². The first-order valence-electron chi connectivity index (χ1n) is 9.22. The largest absolute Gasteiger partial charge is 0.463 e. The number of carbonyl (C=O) groups is 1. The molecule has 0 atom stereocenters. The molecule has 4 rings (SSSR count). The van der Waals surface area contributed by atoms with Gasteiger partial charge in [0.2, 0.25) is 0 Å². The molecule has 144 valence electrons. The standard InChI is InChI=1S/C23H18FN3O2/c1-2-19(15-9-11-16(24)12-10-15)26-27-23(28)18-14-21(22-8-5-13-29-22)25-20-7-4-3-6-17(18)20/h3-14H,2H2,1H3,(H,27,28)/b26-19+. The fourth-order valence-corrected chi connectivity index (χ4v) is 3.08. The second-order valence-corrected chi connectivity index (χ2v) is 6.41. The minimum atomic E-state index is -0.357. The molecule has 29 heavy (non-hydrogen) atoms. The first-order chi connectivity index (χ1) is 14.2. The Hall–Kier alpha value is -3.80. The number of amides is 1. The number of carbonyl (C=O) groups excluding carboxylic acids is 1. The van der Waals surface area contributed by atoms with Crippen LogP contribution < -0.4 is 5.43 Å². The van der Waals surface area contributed by atoms with Crippen molar-refractivity contribution in [2.75, 3.05) is 0 Å². The Bertz CT molecular complexity index is 1180. The molecule has 4 aromatic rings. The molecule has 2 aromatic heterocycles. The van der Waals surface area contributed by atoms with Gasteiger partial charge >= 0.3 is 0 Å². The number of rotatable bonds is 5. The Morgan fingerprint density at radius 3 is 2.62 bits per heavy atom. The predicted molar refractivity (Wildman–Crippen MR) is 110 cm³/mol. The van der Waals surface area contributed by atoms with Crippen LogP contribution in [0.3, 0.4) is 0 Å². The third-order valence-corrected chi connectivity index (χ3v) is 4.54. The smallest absolute Gasteiger partial charge is 0.272 e. The van der Waals surface area contributed by atoms with Gasteiger partial charge in [0.1, 0.15) is 11.5 Å². The van der Waals surface area contributed by atoms with E-state index < -0.39 is 0 Å². The molecule has 0 saturated heterocycles. The summed E-state index contributed by atoms with van der Waals surface area (Å²) in [6, 6.07) is 18.7. The fraction of sp³-hybridized carbons (Fsp3) is 0.0870. The third-order valence-electron chi connectivity index (χ3n) is 4.54. The summed E-state index contributed by atoms with van der Waals surface area (Å²) in [4.78, 5) is 17.5. The van der Waals surface area contributed by atoms with E-state index in [-0.39, 0.29) is 11.7 Å². The summed E-state index contributed by atoms with van der Waals surface area (Å²) in [6.45, 7) is 1.92. The Balaban J connectivity index is 1.70. The number of furan rings is 1. The minimum Gasteiger partial charge on any atom is -0.463 e. The number of hydrazone groups is 1. The molecular formula is C23H18FN3O2. The summed E-state index contributed by atoms with van der Waals surface area (Å²) in [5.41, 5.74) is 5.73. The molecular weight excluding hydrogens is 369 g/mol. The molecule has 5 nitrogen and oxygen atoms in total. The highest BCUT2D eigenvalue weighted by Crippen LogP contribution is 2.25. The molecule has 0 radical (unpaired) electrons. The number of benzene rings is 2. The van der Waals surface area contributed by atoms with E-state index in [1.165, 1.54) is 12.1 Å². The summed E-state index contributed by atoms with van der Waals surface area (Å²) >= 11 is 0. The van der Waals surface area contributed by atoms with Crippen molar-refractivity contribution in [3.05, 3.63) is 89.9 Å². The van der Waals surface area contributed by atoms with Gasteiger partial charge in [-0.05, 0) is 48.4 Å². The van der Waals surface area contributed by atoms with Crippen LogP contribution in [0.2, 0.25) is 0 Å². The highest BCUT2D eigenvalue weighted by atomic mass is 19.1. The van der Waals surface area contributed by atoms with Gasteiger partial charge in [-0.25, -0.2) is 14.8 Å². The van der Waals surface area contributed by atoms with Gasteiger partial charge in [0.15, 0.2) is 5.76 Å². The number of hydrogen-bond donors (Lipinski definition) is 1. The number of fused-ring (bicyclic) bond motifs is 1. The molecule has 0 aliphatic rings. The molecule has 0 unspecified atom stereocenters. The second-order valence-electron chi connectivity index (χ2n) is 6.41. The van der Waals surface area contributed by atoms with Crippen molar-refractivity contribution in [1.29, 1.82) is 0 Å². The average Bonchev–Trinajstić information content (AvgIpc) is 3.29. The predicted octanol–water partition coefficient (Wildman–Crippen LogP) is 5.18. The lowest BCUT2D eigenvalue weighted by atomic mass is 10.1. The molecule has 0 aliphatic heterocycles. The van der Waals surface area contributed by atoms with E-state index in [9.17, 15) is 9.18 Å². The summed E-state index contributed by atoms with van der Waals surface area (Å²) in [5.74, 6) is -0.0970. The van der Waals surface area contributed by atoms with Crippen molar-refractivity contribution in [2.24, 2.45) is 5.10 Å². The SMILES string of the molecule is CC/C(=N\NC(=O)c1cc(-c2ccco2)nc2ccccc12)c1ccc(F)cc1. The van der Waals surface area contributed by atoms with E-state index >= 15 is 0 Å². The molecule has 1 N–H and O–H groups in total. The Morgan fingerprint density at radius 2 is 1.90 bits per heavy atom. The van der Waals surface area contributed by atoms with Crippen molar-refractivity contribution in [1.82, 2.24) is 10.4 Å². The monoisotopic (exact) mass is 387 g/mol. The summed E-state index contributed by atoms with van der Waals surface area (Å²) in [5, 5.41) is 4.99. The topological polar surface area (TPSA) is 67.5 Å². The molecule has 2 aromatic carbocycles. The van der Waals surface area contributed by atoms with E-state index in [4.69, 9.17) is 4.42 Å². The number of nitrogens with one attached hydrogen (secondary N) is 1. The van der Waals surface area contributed by atoms with Crippen LogP contribution in [0.4, 0.5) is 4.39 Å². The lowest BCUT2D eigenvalue weighted by molar-refractivity contribution is 0.0956. The second kappa shape index (κ2) is 8.06. The summed E-state index contributed by atoms with van der Waals surface area (Å²) < 4.78 is 18.6. The van der Waals surface area contributed by atoms with Gasteiger partial charge in [0, 0.05) is 5.39 Å². The summed E-state index contributed by atoms with van der Waals surface area (Å²) in [7, 11) is 0. The van der Waals surface area contributed by atoms with Crippen molar-refractivity contribution < 1.29 is 13.6 Å². The number of halogens is 1.